The zero-order valence-corrected chi connectivity index (χ0v) is 13.2. The second kappa shape index (κ2) is 5.08. The van der Waals surface area contributed by atoms with Crippen molar-refractivity contribution in [3.63, 3.8) is 0 Å². The summed E-state index contributed by atoms with van der Waals surface area (Å²) in [5.41, 5.74) is 0. The molecule has 7 nitrogen and oxygen atoms in total. The van der Waals surface area contributed by atoms with Crippen molar-refractivity contribution in [3.8, 4) is 0 Å². The van der Waals surface area contributed by atoms with E-state index in [2.05, 4.69) is 21.2 Å². The van der Waals surface area contributed by atoms with Crippen LogP contribution in [0.2, 0.25) is 0 Å². The van der Waals surface area contributed by atoms with Gasteiger partial charge in [-0.25, -0.2) is 13.2 Å². The molecule has 0 aliphatic carbocycles. The first-order valence-electron chi connectivity index (χ1n) is 6.26. The lowest BCUT2D eigenvalue weighted by Gasteiger charge is -2.41. The Bertz CT molecular complexity index is 699. The van der Waals surface area contributed by atoms with Crippen molar-refractivity contribution in [1.82, 2.24) is 14.5 Å². The number of benzene rings is 1. The van der Waals surface area contributed by atoms with Crippen molar-refractivity contribution in [2.45, 2.75) is 10.9 Å². The summed E-state index contributed by atoms with van der Waals surface area (Å²) >= 11 is 3.22. The average molecular weight is 374 g/mol. The van der Waals surface area contributed by atoms with Crippen molar-refractivity contribution in [2.75, 3.05) is 19.6 Å². The van der Waals surface area contributed by atoms with Gasteiger partial charge in [-0.2, -0.15) is 4.31 Å². The number of nitrogens with one attached hydrogen (secondary N) is 1. The standard InChI is InChI=1S/C12H12BrN3O4S/c13-9-3-1-2-4-10(9)21(19,20)15-6-8(7-15)16-11(17)5-14-12(16)18/h1-4,8H,5-7H2,(H,14,18). The van der Waals surface area contributed by atoms with Crippen LogP contribution in [0, 0.1) is 0 Å². The first-order valence-corrected chi connectivity index (χ1v) is 8.49. The topological polar surface area (TPSA) is 86.8 Å². The Balaban J connectivity index is 1.75. The van der Waals surface area contributed by atoms with Crippen molar-refractivity contribution >= 4 is 37.9 Å². The third kappa shape index (κ3) is 2.34. The minimum atomic E-state index is -3.61. The summed E-state index contributed by atoms with van der Waals surface area (Å²) in [7, 11) is -3.61. The number of hydrogen-bond donors (Lipinski definition) is 1. The number of sulfonamides is 1. The van der Waals surface area contributed by atoms with E-state index in [1.165, 1.54) is 10.4 Å². The Labute approximate surface area is 130 Å². The molecule has 0 radical (unpaired) electrons. The Hall–Kier alpha value is -1.45. The maximum absolute atomic E-state index is 12.5. The highest BCUT2D eigenvalue weighted by molar-refractivity contribution is 9.10. The highest BCUT2D eigenvalue weighted by Gasteiger charge is 2.45. The molecule has 1 aromatic carbocycles. The summed E-state index contributed by atoms with van der Waals surface area (Å²) in [6.07, 6.45) is 0. The SMILES string of the molecule is O=C1CNC(=O)N1C1CN(S(=O)(=O)c2ccccc2Br)C1. The van der Waals surface area contributed by atoms with E-state index in [1.807, 2.05) is 0 Å². The predicted molar refractivity (Wildman–Crippen MR) is 76.9 cm³/mol. The lowest BCUT2D eigenvalue weighted by atomic mass is 10.1. The van der Waals surface area contributed by atoms with Gasteiger partial charge in [-0.05, 0) is 28.1 Å². The Morgan fingerprint density at radius 1 is 1.19 bits per heavy atom. The summed E-state index contributed by atoms with van der Waals surface area (Å²) in [6.45, 7) is 0.234. The van der Waals surface area contributed by atoms with Gasteiger partial charge < -0.3 is 5.32 Å². The fraction of sp³-hybridized carbons (Fsp3) is 0.333. The molecule has 9 heteroatoms. The van der Waals surface area contributed by atoms with Gasteiger partial charge in [0.1, 0.15) is 0 Å². The summed E-state index contributed by atoms with van der Waals surface area (Å²) < 4.78 is 26.7. The molecular formula is C12H12BrN3O4S. The van der Waals surface area contributed by atoms with E-state index < -0.39 is 22.1 Å². The maximum atomic E-state index is 12.5. The van der Waals surface area contributed by atoms with E-state index >= 15 is 0 Å². The third-order valence-corrected chi connectivity index (χ3v) is 6.37. The van der Waals surface area contributed by atoms with Gasteiger partial charge in [-0.15, -0.1) is 0 Å². The van der Waals surface area contributed by atoms with E-state index in [0.29, 0.717) is 4.47 Å². The number of carbonyl (C=O) groups is 2. The molecule has 0 atom stereocenters. The van der Waals surface area contributed by atoms with Crippen LogP contribution in [0.15, 0.2) is 33.6 Å². The van der Waals surface area contributed by atoms with Crippen molar-refractivity contribution in [2.24, 2.45) is 0 Å². The minimum absolute atomic E-state index is 0.0215. The molecule has 1 aromatic rings. The van der Waals surface area contributed by atoms with Crippen LogP contribution in [0.3, 0.4) is 0 Å². The molecule has 1 N–H and O–H groups in total. The fourth-order valence-corrected chi connectivity index (χ4v) is 4.85. The third-order valence-electron chi connectivity index (χ3n) is 3.53. The van der Waals surface area contributed by atoms with E-state index in [-0.39, 0.29) is 30.4 Å². The van der Waals surface area contributed by atoms with Gasteiger partial charge in [0.15, 0.2) is 0 Å². The fourth-order valence-electron chi connectivity index (χ4n) is 2.37. The number of nitrogens with zero attached hydrogens (tertiary/aromatic N) is 2. The number of carbonyl (C=O) groups excluding carboxylic acids is 2. The Morgan fingerprint density at radius 2 is 1.86 bits per heavy atom. The first kappa shape index (κ1) is 14.5. The Kier molecular flexibility index (Phi) is 3.50. The van der Waals surface area contributed by atoms with E-state index in [4.69, 9.17) is 0 Å². The van der Waals surface area contributed by atoms with Crippen LogP contribution >= 0.6 is 15.9 Å². The lowest BCUT2D eigenvalue weighted by molar-refractivity contribution is -0.128. The highest BCUT2D eigenvalue weighted by atomic mass is 79.9. The second-order valence-electron chi connectivity index (χ2n) is 4.83. The van der Waals surface area contributed by atoms with Crippen LogP contribution in [-0.4, -0.2) is 55.2 Å². The predicted octanol–water partition coefficient (Wildman–Crippen LogP) is 0.374. The monoisotopic (exact) mass is 373 g/mol. The van der Waals surface area contributed by atoms with Crippen LogP contribution in [0.1, 0.15) is 0 Å². The normalized spacial score (nSPS) is 20.5. The molecule has 2 fully saturated rings. The molecule has 112 valence electrons. The quantitative estimate of drug-likeness (QED) is 0.775. The first-order chi connectivity index (χ1) is 9.91. The smallest absolute Gasteiger partial charge is 0.324 e. The molecule has 2 aliphatic heterocycles. The molecular weight excluding hydrogens is 362 g/mol. The second-order valence-corrected chi connectivity index (χ2v) is 7.59. The lowest BCUT2D eigenvalue weighted by Crippen LogP contribution is -2.62. The average Bonchev–Trinajstić information content (AvgIpc) is 2.69. The number of rotatable bonds is 3. The van der Waals surface area contributed by atoms with Crippen LogP contribution in [-0.2, 0) is 14.8 Å². The van der Waals surface area contributed by atoms with Gasteiger partial charge in [-0.1, -0.05) is 12.1 Å². The van der Waals surface area contributed by atoms with Crippen molar-refractivity contribution < 1.29 is 18.0 Å². The molecule has 2 heterocycles. The van der Waals surface area contributed by atoms with Crippen LogP contribution in [0.25, 0.3) is 0 Å². The number of hydrogen-bond acceptors (Lipinski definition) is 4. The number of urea groups is 1. The zero-order valence-electron chi connectivity index (χ0n) is 10.8. The number of halogens is 1. The minimum Gasteiger partial charge on any atom is -0.329 e. The largest absolute Gasteiger partial charge is 0.329 e. The van der Waals surface area contributed by atoms with E-state index in [1.54, 1.807) is 18.2 Å². The maximum Gasteiger partial charge on any atom is 0.324 e. The van der Waals surface area contributed by atoms with Crippen LogP contribution in [0.5, 0.6) is 0 Å². The van der Waals surface area contributed by atoms with Crippen LogP contribution in [0.4, 0.5) is 4.79 Å². The summed E-state index contributed by atoms with van der Waals surface area (Å²) in [5.74, 6) is -0.317. The Morgan fingerprint density at radius 3 is 2.43 bits per heavy atom. The summed E-state index contributed by atoms with van der Waals surface area (Å²) in [5, 5.41) is 2.42. The van der Waals surface area contributed by atoms with E-state index in [0.717, 1.165) is 4.90 Å². The van der Waals surface area contributed by atoms with Gasteiger partial charge in [0.05, 0.1) is 17.5 Å². The number of amides is 3. The zero-order chi connectivity index (χ0) is 15.2. The van der Waals surface area contributed by atoms with Crippen molar-refractivity contribution in [1.29, 1.82) is 0 Å². The van der Waals surface area contributed by atoms with Crippen molar-refractivity contribution in [3.05, 3.63) is 28.7 Å². The van der Waals surface area contributed by atoms with Gasteiger partial charge in [-0.3, -0.25) is 9.69 Å². The molecule has 0 aromatic heterocycles. The van der Waals surface area contributed by atoms with Crippen LogP contribution < -0.4 is 5.32 Å². The molecule has 0 unspecified atom stereocenters. The van der Waals surface area contributed by atoms with Gasteiger partial charge in [0, 0.05) is 17.6 Å². The molecule has 0 bridgehead atoms. The highest BCUT2D eigenvalue weighted by Crippen LogP contribution is 2.29. The molecule has 3 amide bonds. The van der Waals surface area contributed by atoms with Gasteiger partial charge >= 0.3 is 6.03 Å². The van der Waals surface area contributed by atoms with E-state index in [9.17, 15) is 18.0 Å². The summed E-state index contributed by atoms with van der Waals surface area (Å²) in [6, 6.07) is 5.70. The molecule has 2 saturated heterocycles. The molecule has 3 rings (SSSR count). The number of imide groups is 1. The molecule has 2 aliphatic rings. The molecule has 21 heavy (non-hydrogen) atoms. The van der Waals surface area contributed by atoms with Gasteiger partial charge in [0.25, 0.3) is 0 Å². The molecule has 0 spiro atoms. The van der Waals surface area contributed by atoms with Gasteiger partial charge in [0.2, 0.25) is 15.9 Å². The molecule has 0 saturated carbocycles. The summed E-state index contributed by atoms with van der Waals surface area (Å²) in [4.78, 5) is 24.4.